The number of benzene rings is 2. The number of aromatic amines is 1. The van der Waals surface area contributed by atoms with Crippen molar-refractivity contribution in [3.05, 3.63) is 59.2 Å². The van der Waals surface area contributed by atoms with Gasteiger partial charge in [0.05, 0.1) is 12.0 Å². The van der Waals surface area contributed by atoms with E-state index >= 15 is 0 Å². The highest BCUT2D eigenvalue weighted by Gasteiger charge is 2.30. The number of H-pyrrole nitrogens is 1. The molecule has 23 heavy (non-hydrogen) atoms. The van der Waals surface area contributed by atoms with Gasteiger partial charge in [-0.1, -0.05) is 29.8 Å². The summed E-state index contributed by atoms with van der Waals surface area (Å²) in [5.41, 5.74) is 0.373. The molecule has 118 valence electrons. The van der Waals surface area contributed by atoms with Gasteiger partial charge in [0.1, 0.15) is 10.6 Å². The number of aromatic nitrogens is 1. The first kappa shape index (κ1) is 15.6. The number of carbonyl (C=O) groups excluding carboxylic acids is 1. The maximum absolute atomic E-state index is 13.0. The molecule has 0 amide bonds. The molecule has 0 aliphatic rings. The van der Waals surface area contributed by atoms with Crippen LogP contribution in [-0.4, -0.2) is 26.5 Å². The SMILES string of the molecule is COC(=O)c1[nH]c2ccc(Cl)cc2c1S(=O)(=O)c1ccccc1. The molecule has 0 atom stereocenters. The minimum absolute atomic E-state index is 0.0889. The van der Waals surface area contributed by atoms with Crippen LogP contribution in [0, 0.1) is 0 Å². The molecule has 0 saturated carbocycles. The van der Waals surface area contributed by atoms with Gasteiger partial charge in [0.2, 0.25) is 9.84 Å². The van der Waals surface area contributed by atoms with Gasteiger partial charge in [0.15, 0.2) is 0 Å². The van der Waals surface area contributed by atoms with Crippen molar-refractivity contribution >= 4 is 38.3 Å². The van der Waals surface area contributed by atoms with Gasteiger partial charge in [-0.3, -0.25) is 0 Å². The van der Waals surface area contributed by atoms with Crippen LogP contribution in [0.25, 0.3) is 10.9 Å². The molecular formula is C16H12ClNO4S. The number of esters is 1. The van der Waals surface area contributed by atoms with Gasteiger partial charge in [0, 0.05) is 15.9 Å². The first-order chi connectivity index (χ1) is 10.9. The van der Waals surface area contributed by atoms with Crippen LogP contribution < -0.4 is 0 Å². The normalized spacial score (nSPS) is 11.6. The zero-order valence-electron chi connectivity index (χ0n) is 12.0. The Bertz CT molecular complexity index is 994. The van der Waals surface area contributed by atoms with Crippen LogP contribution in [0.5, 0.6) is 0 Å². The standard InChI is InChI=1S/C16H12ClNO4S/c1-22-16(19)14-15(12-9-10(17)7-8-13(12)18-14)23(20,21)11-5-3-2-4-6-11/h2-9,18H,1H3. The van der Waals surface area contributed by atoms with E-state index in [4.69, 9.17) is 16.3 Å². The number of sulfone groups is 1. The highest BCUT2D eigenvalue weighted by atomic mass is 35.5. The molecule has 1 aromatic heterocycles. The van der Waals surface area contributed by atoms with Gasteiger partial charge in [-0.25, -0.2) is 13.2 Å². The van der Waals surface area contributed by atoms with Gasteiger partial charge in [0.25, 0.3) is 0 Å². The molecule has 1 heterocycles. The predicted molar refractivity (Wildman–Crippen MR) is 86.5 cm³/mol. The number of methoxy groups -OCH3 is 1. The molecule has 0 saturated heterocycles. The first-order valence-electron chi connectivity index (χ1n) is 6.65. The Hall–Kier alpha value is -2.31. The van der Waals surface area contributed by atoms with Crippen LogP contribution in [0.1, 0.15) is 10.5 Å². The van der Waals surface area contributed by atoms with E-state index in [1.165, 1.54) is 25.3 Å². The topological polar surface area (TPSA) is 76.2 Å². The minimum atomic E-state index is -3.92. The fourth-order valence-electron chi connectivity index (χ4n) is 2.38. The van der Waals surface area contributed by atoms with E-state index in [1.54, 1.807) is 30.3 Å². The van der Waals surface area contributed by atoms with Crippen molar-refractivity contribution in [2.45, 2.75) is 9.79 Å². The van der Waals surface area contributed by atoms with Crippen molar-refractivity contribution in [2.75, 3.05) is 7.11 Å². The summed E-state index contributed by atoms with van der Waals surface area (Å²) in [6, 6.07) is 12.6. The number of rotatable bonds is 3. The Balaban J connectivity index is 2.39. The Morgan fingerprint density at radius 3 is 2.48 bits per heavy atom. The van der Waals surface area contributed by atoms with Gasteiger partial charge < -0.3 is 9.72 Å². The van der Waals surface area contributed by atoms with Crippen molar-refractivity contribution < 1.29 is 17.9 Å². The van der Waals surface area contributed by atoms with Gasteiger partial charge >= 0.3 is 5.97 Å². The highest BCUT2D eigenvalue weighted by molar-refractivity contribution is 7.91. The van der Waals surface area contributed by atoms with Crippen LogP contribution in [0.2, 0.25) is 5.02 Å². The number of halogens is 1. The van der Waals surface area contributed by atoms with Crippen molar-refractivity contribution in [1.29, 1.82) is 0 Å². The summed E-state index contributed by atoms with van der Waals surface area (Å²) in [4.78, 5) is 14.8. The fraction of sp³-hybridized carbons (Fsp3) is 0.0625. The molecule has 0 fully saturated rings. The lowest BCUT2D eigenvalue weighted by molar-refractivity contribution is 0.0590. The van der Waals surface area contributed by atoms with Gasteiger partial charge in [-0.15, -0.1) is 0 Å². The monoisotopic (exact) mass is 349 g/mol. The Morgan fingerprint density at radius 1 is 1.13 bits per heavy atom. The third-order valence-corrected chi connectivity index (χ3v) is 5.51. The second-order valence-corrected chi connectivity index (χ2v) is 7.15. The molecule has 0 aliphatic carbocycles. The van der Waals surface area contributed by atoms with E-state index in [2.05, 4.69) is 4.98 Å². The highest BCUT2D eigenvalue weighted by Crippen LogP contribution is 2.33. The van der Waals surface area contributed by atoms with E-state index < -0.39 is 15.8 Å². The number of ether oxygens (including phenoxy) is 1. The number of hydrogen-bond acceptors (Lipinski definition) is 4. The zero-order valence-corrected chi connectivity index (χ0v) is 13.6. The molecule has 2 aromatic carbocycles. The number of fused-ring (bicyclic) bond motifs is 1. The lowest BCUT2D eigenvalue weighted by Gasteiger charge is -2.06. The van der Waals surface area contributed by atoms with Crippen LogP contribution in [-0.2, 0) is 14.6 Å². The number of carbonyl (C=O) groups is 1. The lowest BCUT2D eigenvalue weighted by atomic mass is 10.2. The average molecular weight is 350 g/mol. The van der Waals surface area contributed by atoms with Crippen LogP contribution >= 0.6 is 11.6 Å². The number of hydrogen-bond donors (Lipinski definition) is 1. The van der Waals surface area contributed by atoms with Gasteiger partial charge in [-0.05, 0) is 30.3 Å². The molecule has 1 N–H and O–H groups in total. The largest absolute Gasteiger partial charge is 0.464 e. The smallest absolute Gasteiger partial charge is 0.355 e. The quantitative estimate of drug-likeness (QED) is 0.735. The average Bonchev–Trinajstić information content (AvgIpc) is 2.94. The van der Waals surface area contributed by atoms with E-state index in [1.807, 2.05) is 0 Å². The van der Waals surface area contributed by atoms with Gasteiger partial charge in [-0.2, -0.15) is 0 Å². The van der Waals surface area contributed by atoms with Crippen molar-refractivity contribution in [3.63, 3.8) is 0 Å². The molecule has 3 aromatic rings. The van der Waals surface area contributed by atoms with E-state index in [0.717, 1.165) is 0 Å². The molecule has 0 spiro atoms. The molecule has 0 aliphatic heterocycles. The first-order valence-corrected chi connectivity index (χ1v) is 8.51. The summed E-state index contributed by atoms with van der Waals surface area (Å²) in [6.45, 7) is 0. The van der Waals surface area contributed by atoms with E-state index in [-0.39, 0.29) is 15.5 Å². The third kappa shape index (κ3) is 2.60. The molecule has 0 bridgehead atoms. The maximum Gasteiger partial charge on any atom is 0.355 e. The summed E-state index contributed by atoms with van der Waals surface area (Å²) in [5, 5.41) is 0.721. The fourth-order valence-corrected chi connectivity index (χ4v) is 4.17. The summed E-state index contributed by atoms with van der Waals surface area (Å²) >= 11 is 5.98. The zero-order chi connectivity index (χ0) is 16.6. The van der Waals surface area contributed by atoms with Crippen LogP contribution in [0.4, 0.5) is 0 Å². The molecule has 3 rings (SSSR count). The minimum Gasteiger partial charge on any atom is -0.464 e. The van der Waals surface area contributed by atoms with Crippen molar-refractivity contribution in [1.82, 2.24) is 4.98 Å². The Kier molecular flexibility index (Phi) is 3.87. The molecule has 0 radical (unpaired) electrons. The predicted octanol–water partition coefficient (Wildman–Crippen LogP) is 3.44. The molecular weight excluding hydrogens is 338 g/mol. The third-order valence-electron chi connectivity index (χ3n) is 3.42. The summed E-state index contributed by atoms with van der Waals surface area (Å²) < 4.78 is 30.7. The summed E-state index contributed by atoms with van der Waals surface area (Å²) in [7, 11) is -2.72. The summed E-state index contributed by atoms with van der Waals surface area (Å²) in [6.07, 6.45) is 0. The van der Waals surface area contributed by atoms with Crippen LogP contribution in [0.15, 0.2) is 58.3 Å². The Labute approximate surface area is 137 Å². The summed E-state index contributed by atoms with van der Waals surface area (Å²) in [5.74, 6) is -0.758. The van der Waals surface area contributed by atoms with E-state index in [0.29, 0.717) is 15.9 Å². The lowest BCUT2D eigenvalue weighted by Crippen LogP contribution is -2.10. The molecule has 5 nitrogen and oxygen atoms in total. The van der Waals surface area contributed by atoms with Crippen molar-refractivity contribution in [2.24, 2.45) is 0 Å². The second-order valence-electron chi connectivity index (χ2n) is 4.83. The molecule has 0 unspecified atom stereocenters. The molecule has 7 heteroatoms. The maximum atomic E-state index is 13.0. The van der Waals surface area contributed by atoms with Crippen LogP contribution in [0.3, 0.4) is 0 Å². The van der Waals surface area contributed by atoms with E-state index in [9.17, 15) is 13.2 Å². The van der Waals surface area contributed by atoms with Crippen molar-refractivity contribution in [3.8, 4) is 0 Å². The number of nitrogens with one attached hydrogen (secondary N) is 1. The Morgan fingerprint density at radius 2 is 1.83 bits per heavy atom. The second kappa shape index (κ2) is 5.72.